The van der Waals surface area contributed by atoms with Crippen LogP contribution in [0, 0.1) is 0 Å². The second-order valence-corrected chi connectivity index (χ2v) is 5.09. The third-order valence-electron chi connectivity index (χ3n) is 3.69. The molecule has 0 saturated heterocycles. The smallest absolute Gasteiger partial charge is 0.332 e. The third-order valence-corrected chi connectivity index (χ3v) is 3.69. The Morgan fingerprint density at radius 1 is 1.45 bits per heavy atom. The summed E-state index contributed by atoms with van der Waals surface area (Å²) in [5.74, 6) is -1.06. The molecule has 1 aliphatic carbocycles. The number of imidazole rings is 1. The highest BCUT2D eigenvalue weighted by Gasteiger charge is 2.30. The molecule has 1 atom stereocenters. The molecule has 3 rings (SSSR count). The van der Waals surface area contributed by atoms with Crippen molar-refractivity contribution in [2.45, 2.75) is 31.8 Å². The second-order valence-electron chi connectivity index (χ2n) is 5.09. The number of carboxylic acids is 1. The van der Waals surface area contributed by atoms with Gasteiger partial charge in [0.15, 0.2) is 11.2 Å². The van der Waals surface area contributed by atoms with E-state index in [0.29, 0.717) is 0 Å². The van der Waals surface area contributed by atoms with Crippen molar-refractivity contribution in [1.29, 1.82) is 0 Å². The van der Waals surface area contributed by atoms with Crippen LogP contribution in [0.25, 0.3) is 11.2 Å². The molecule has 0 aliphatic heterocycles. The first-order chi connectivity index (χ1) is 9.43. The van der Waals surface area contributed by atoms with E-state index in [-0.39, 0.29) is 17.2 Å². The number of carbonyl (C=O) groups is 1. The van der Waals surface area contributed by atoms with Crippen LogP contribution in [-0.4, -0.2) is 29.8 Å². The third kappa shape index (κ3) is 1.60. The quantitative estimate of drug-likeness (QED) is 0.843. The minimum Gasteiger partial charge on any atom is -0.480 e. The van der Waals surface area contributed by atoms with Gasteiger partial charge in [0.1, 0.15) is 6.04 Å². The van der Waals surface area contributed by atoms with Crippen LogP contribution >= 0.6 is 0 Å². The lowest BCUT2D eigenvalue weighted by Gasteiger charge is -2.11. The Balaban J connectivity index is 2.41. The molecular formula is C12H14N4O4. The molecule has 1 fully saturated rings. The highest BCUT2D eigenvalue weighted by molar-refractivity contribution is 5.77. The van der Waals surface area contributed by atoms with Gasteiger partial charge in [-0.3, -0.25) is 13.9 Å². The van der Waals surface area contributed by atoms with E-state index in [2.05, 4.69) is 4.98 Å². The number of aromatic nitrogens is 4. The Morgan fingerprint density at radius 2 is 2.10 bits per heavy atom. The molecule has 0 amide bonds. The Hall–Kier alpha value is -2.38. The van der Waals surface area contributed by atoms with Crippen molar-refractivity contribution in [2.75, 3.05) is 0 Å². The van der Waals surface area contributed by atoms with Crippen LogP contribution in [0.3, 0.4) is 0 Å². The van der Waals surface area contributed by atoms with Crippen LogP contribution in [0.2, 0.25) is 0 Å². The van der Waals surface area contributed by atoms with Crippen LogP contribution in [0.4, 0.5) is 0 Å². The summed E-state index contributed by atoms with van der Waals surface area (Å²) in [7, 11) is 1.39. The van der Waals surface area contributed by atoms with Crippen molar-refractivity contribution >= 4 is 17.1 Å². The van der Waals surface area contributed by atoms with Crippen molar-refractivity contribution in [2.24, 2.45) is 7.05 Å². The fourth-order valence-corrected chi connectivity index (χ4v) is 2.31. The Labute approximate surface area is 112 Å². The van der Waals surface area contributed by atoms with Crippen molar-refractivity contribution in [3.8, 4) is 0 Å². The molecule has 106 valence electrons. The van der Waals surface area contributed by atoms with E-state index >= 15 is 0 Å². The maximum absolute atomic E-state index is 12.2. The van der Waals surface area contributed by atoms with E-state index < -0.39 is 23.3 Å². The summed E-state index contributed by atoms with van der Waals surface area (Å²) in [5, 5.41) is 9.09. The molecule has 0 spiro atoms. The molecule has 1 saturated carbocycles. The summed E-state index contributed by atoms with van der Waals surface area (Å²) in [6.45, 7) is 1.47. The van der Waals surface area contributed by atoms with Gasteiger partial charge < -0.3 is 9.67 Å². The Morgan fingerprint density at radius 3 is 2.65 bits per heavy atom. The van der Waals surface area contributed by atoms with Gasteiger partial charge in [-0.1, -0.05) is 0 Å². The summed E-state index contributed by atoms with van der Waals surface area (Å²) in [4.78, 5) is 39.6. The van der Waals surface area contributed by atoms with Gasteiger partial charge in [-0.2, -0.15) is 0 Å². The van der Waals surface area contributed by atoms with Crippen LogP contribution in [-0.2, 0) is 11.8 Å². The number of aliphatic carboxylic acids is 1. The van der Waals surface area contributed by atoms with Gasteiger partial charge in [-0.15, -0.1) is 0 Å². The standard InChI is InChI=1S/C12H14N4O4/c1-6(11(18)19)15-5-13-9-8(15)10(17)14(2)12(20)16(9)7-3-4-7/h5-7H,3-4H2,1-2H3,(H,18,19). The van der Waals surface area contributed by atoms with E-state index in [9.17, 15) is 14.4 Å². The predicted octanol–water partition coefficient (Wildman–Crippen LogP) is -0.123. The second kappa shape index (κ2) is 4.06. The zero-order chi connectivity index (χ0) is 14.6. The average molecular weight is 278 g/mol. The van der Waals surface area contributed by atoms with E-state index in [0.717, 1.165) is 17.4 Å². The first-order valence-electron chi connectivity index (χ1n) is 6.34. The summed E-state index contributed by atoms with van der Waals surface area (Å²) < 4.78 is 3.80. The summed E-state index contributed by atoms with van der Waals surface area (Å²) in [5.41, 5.74) is -0.492. The monoisotopic (exact) mass is 278 g/mol. The highest BCUT2D eigenvalue weighted by Crippen LogP contribution is 2.35. The van der Waals surface area contributed by atoms with Crippen LogP contribution in [0.15, 0.2) is 15.9 Å². The molecule has 20 heavy (non-hydrogen) atoms. The molecule has 1 unspecified atom stereocenters. The van der Waals surface area contributed by atoms with Crippen LogP contribution in [0.1, 0.15) is 31.8 Å². The Kier molecular flexibility index (Phi) is 2.56. The van der Waals surface area contributed by atoms with Crippen LogP contribution < -0.4 is 11.2 Å². The molecule has 2 heterocycles. The van der Waals surface area contributed by atoms with Crippen molar-refractivity contribution in [1.82, 2.24) is 18.7 Å². The van der Waals surface area contributed by atoms with Crippen molar-refractivity contribution < 1.29 is 9.90 Å². The number of carboxylic acid groups (broad SMARTS) is 1. The molecule has 8 nitrogen and oxygen atoms in total. The summed E-state index contributed by atoms with van der Waals surface area (Å²) >= 11 is 0. The average Bonchev–Trinajstić information content (AvgIpc) is 3.14. The van der Waals surface area contributed by atoms with E-state index in [1.807, 2.05) is 0 Å². The highest BCUT2D eigenvalue weighted by atomic mass is 16.4. The predicted molar refractivity (Wildman–Crippen MR) is 69.9 cm³/mol. The van der Waals surface area contributed by atoms with Crippen LogP contribution in [0.5, 0.6) is 0 Å². The molecule has 2 aromatic heterocycles. The molecule has 1 aliphatic rings. The first-order valence-corrected chi connectivity index (χ1v) is 6.34. The summed E-state index contributed by atoms with van der Waals surface area (Å²) in [6.07, 6.45) is 3.05. The number of rotatable bonds is 3. The topological polar surface area (TPSA) is 99.1 Å². The fourth-order valence-electron chi connectivity index (χ4n) is 2.31. The lowest BCUT2D eigenvalue weighted by atomic mass is 10.3. The normalized spacial score (nSPS) is 16.5. The summed E-state index contributed by atoms with van der Waals surface area (Å²) in [6, 6.07) is -0.863. The number of nitrogens with zero attached hydrogens (tertiary/aromatic N) is 4. The van der Waals surface area contributed by atoms with Gasteiger partial charge in [-0.05, 0) is 19.8 Å². The van der Waals surface area contributed by atoms with Crippen molar-refractivity contribution in [3.05, 3.63) is 27.2 Å². The largest absolute Gasteiger partial charge is 0.480 e. The van der Waals surface area contributed by atoms with Crippen molar-refractivity contribution in [3.63, 3.8) is 0 Å². The lowest BCUT2D eigenvalue weighted by Crippen LogP contribution is -2.38. The molecule has 1 N–H and O–H groups in total. The zero-order valence-electron chi connectivity index (χ0n) is 11.1. The van der Waals surface area contributed by atoms with E-state index in [1.54, 1.807) is 0 Å². The minimum absolute atomic E-state index is 0.0558. The molecule has 8 heteroatoms. The maximum atomic E-state index is 12.2. The van der Waals surface area contributed by atoms with Gasteiger partial charge in [0.2, 0.25) is 0 Å². The lowest BCUT2D eigenvalue weighted by molar-refractivity contribution is -0.140. The first kappa shape index (κ1) is 12.6. The fraction of sp³-hybridized carbons (Fsp3) is 0.500. The molecule has 2 aromatic rings. The Bertz CT molecular complexity index is 824. The number of hydrogen-bond acceptors (Lipinski definition) is 4. The molecule has 0 bridgehead atoms. The number of fused-ring (bicyclic) bond motifs is 1. The van der Waals surface area contributed by atoms with Gasteiger partial charge in [0, 0.05) is 13.1 Å². The molecule has 0 aromatic carbocycles. The maximum Gasteiger partial charge on any atom is 0.332 e. The minimum atomic E-state index is -1.06. The van der Waals surface area contributed by atoms with Gasteiger partial charge in [0.05, 0.1) is 6.33 Å². The zero-order valence-corrected chi connectivity index (χ0v) is 11.1. The number of hydrogen-bond donors (Lipinski definition) is 1. The van der Waals surface area contributed by atoms with E-state index in [4.69, 9.17) is 5.11 Å². The molecule has 0 radical (unpaired) electrons. The van der Waals surface area contributed by atoms with Gasteiger partial charge in [-0.25, -0.2) is 14.6 Å². The SMILES string of the molecule is CC(C(=O)O)n1cnc2c1c(=O)n(C)c(=O)n2C1CC1. The van der Waals surface area contributed by atoms with E-state index in [1.165, 1.54) is 29.4 Å². The van der Waals surface area contributed by atoms with Gasteiger partial charge in [0.25, 0.3) is 5.56 Å². The van der Waals surface area contributed by atoms with Gasteiger partial charge >= 0.3 is 11.7 Å². The molecular weight excluding hydrogens is 264 g/mol.